The lowest BCUT2D eigenvalue weighted by Gasteiger charge is -2.05. The van der Waals surface area contributed by atoms with Crippen molar-refractivity contribution >= 4 is 35.6 Å². The summed E-state index contributed by atoms with van der Waals surface area (Å²) in [7, 11) is 0. The minimum atomic E-state index is 0.929. The Morgan fingerprint density at radius 1 is 0.609 bits per heavy atom. The Morgan fingerprint density at radius 3 is 2.07 bits per heavy atom. The topological polar surface area (TPSA) is 75.5 Å². The number of nitrogens with one attached hydrogen (secondary N) is 4. The van der Waals surface area contributed by atoms with Crippen molar-refractivity contribution in [3.05, 3.63) is 143 Å². The first-order valence-corrected chi connectivity index (χ1v) is 16.7. The van der Waals surface area contributed by atoms with Crippen LogP contribution in [-0.4, -0.2) is 25.6 Å². The van der Waals surface area contributed by atoms with E-state index < -0.39 is 0 Å². The van der Waals surface area contributed by atoms with Crippen LogP contribution in [0.25, 0.3) is 29.9 Å². The molecule has 0 unspecified atom stereocenters. The van der Waals surface area contributed by atoms with Crippen LogP contribution >= 0.6 is 0 Å². The van der Waals surface area contributed by atoms with Crippen LogP contribution in [0.15, 0.2) is 76.4 Å². The van der Waals surface area contributed by atoms with Crippen molar-refractivity contribution in [1.29, 1.82) is 0 Å². The van der Waals surface area contributed by atoms with Crippen LogP contribution in [0.4, 0.5) is 0 Å². The van der Waals surface area contributed by atoms with E-state index in [0.717, 1.165) is 81.4 Å². The van der Waals surface area contributed by atoms with Gasteiger partial charge in [0.05, 0.1) is 11.4 Å². The molecule has 10 bridgehead atoms. The molecule has 5 heteroatoms. The molecule has 0 saturated heterocycles. The van der Waals surface area contributed by atoms with Crippen molar-refractivity contribution < 1.29 is 0 Å². The van der Waals surface area contributed by atoms with Crippen molar-refractivity contribution in [3.63, 3.8) is 0 Å². The second-order valence-electron chi connectivity index (χ2n) is 12.3. The van der Waals surface area contributed by atoms with Gasteiger partial charge in [0, 0.05) is 49.7 Å². The van der Waals surface area contributed by atoms with Gasteiger partial charge in [0.2, 0.25) is 0 Å². The van der Waals surface area contributed by atoms with Crippen molar-refractivity contribution in [1.82, 2.24) is 19.9 Å². The molecule has 4 N–H and O–H groups in total. The van der Waals surface area contributed by atoms with Crippen molar-refractivity contribution in [2.45, 2.75) is 67.2 Å². The zero-order valence-corrected chi connectivity index (χ0v) is 27.8. The van der Waals surface area contributed by atoms with Gasteiger partial charge in [-0.15, -0.1) is 0 Å². The SMILES string of the molecule is CCC1=C(C)/C2=C/c3ccc([nH]3)/C(c3ccccc3)=c3/cc/c([nH]3)=C/c3[nH]c(c(CC)c3C)/C=c3\[nH]/c(c(CC)c3CC)=C\C1=N2. The minimum Gasteiger partial charge on any atom is -0.355 e. The molecule has 4 aromatic heterocycles. The maximum atomic E-state index is 5.22. The Bertz CT molecular complexity index is 2310. The average molecular weight is 606 g/mol. The van der Waals surface area contributed by atoms with Crippen LogP contribution in [0, 0.1) is 6.92 Å². The molecule has 5 nitrogen and oxygen atoms in total. The molecular weight excluding hydrogens is 562 g/mol. The summed E-state index contributed by atoms with van der Waals surface area (Å²) in [4.78, 5) is 20.3. The van der Waals surface area contributed by atoms with Gasteiger partial charge in [-0.1, -0.05) is 58.0 Å². The van der Waals surface area contributed by atoms with Crippen molar-refractivity contribution in [2.24, 2.45) is 4.99 Å². The van der Waals surface area contributed by atoms with Crippen LogP contribution in [0.3, 0.4) is 0 Å². The van der Waals surface area contributed by atoms with Gasteiger partial charge in [0.1, 0.15) is 0 Å². The standard InChI is InChI=1S/C41H43N5/c1-7-29-24(5)35-20-27-16-18-33(42-27)41(26-14-12-11-13-15-26)34-19-17-28(43-34)21-36-25(6)30(8-2)38(45-36)23-40-32(10-4)31(9-3)39(46-40)22-37(29)44-35/h11-23,42-44,46H,7-10H2,1-6H3/b27-20-,28-21?,35-20?,36-21-,37-22?,38-23?,39-22-,40-23-,41-33-,41-34?. The van der Waals surface area contributed by atoms with Gasteiger partial charge in [-0.25, -0.2) is 4.99 Å². The number of rotatable bonds is 5. The van der Waals surface area contributed by atoms with Gasteiger partial charge >= 0.3 is 0 Å². The van der Waals surface area contributed by atoms with Gasteiger partial charge in [-0.2, -0.15) is 0 Å². The lowest BCUT2D eigenvalue weighted by Crippen LogP contribution is -2.15. The molecule has 6 heterocycles. The van der Waals surface area contributed by atoms with Gasteiger partial charge in [-0.3, -0.25) is 0 Å². The maximum Gasteiger partial charge on any atom is 0.0693 e. The lowest BCUT2D eigenvalue weighted by atomic mass is 10.0. The van der Waals surface area contributed by atoms with Gasteiger partial charge in [-0.05, 0) is 127 Å². The average Bonchev–Trinajstić information content (AvgIpc) is 3.88. The first-order valence-electron chi connectivity index (χ1n) is 16.7. The summed E-state index contributed by atoms with van der Waals surface area (Å²) >= 11 is 0. The third-order valence-corrected chi connectivity index (χ3v) is 9.72. The largest absolute Gasteiger partial charge is 0.355 e. The number of aromatic nitrogens is 4. The minimum absolute atomic E-state index is 0.929. The fraction of sp³-hybridized carbons (Fsp3) is 0.244. The molecule has 0 atom stereocenters. The predicted octanol–water partition coefficient (Wildman–Crippen LogP) is 6.22. The van der Waals surface area contributed by atoms with Crippen LogP contribution in [0.1, 0.15) is 91.6 Å². The lowest BCUT2D eigenvalue weighted by molar-refractivity contribution is 1.04. The number of nitrogens with zero attached hydrogens (tertiary/aromatic N) is 1. The molecule has 0 amide bonds. The number of aromatic amines is 4. The van der Waals surface area contributed by atoms with Crippen LogP contribution < -0.4 is 21.4 Å². The van der Waals surface area contributed by atoms with E-state index in [1.807, 2.05) is 0 Å². The Labute approximate surface area is 270 Å². The highest BCUT2D eigenvalue weighted by Crippen LogP contribution is 2.30. The summed E-state index contributed by atoms with van der Waals surface area (Å²) in [5.74, 6) is 0. The van der Waals surface area contributed by atoms with E-state index in [1.165, 1.54) is 44.4 Å². The second-order valence-corrected chi connectivity index (χ2v) is 12.3. The summed E-state index contributed by atoms with van der Waals surface area (Å²) in [5.41, 5.74) is 16.7. The molecule has 46 heavy (non-hydrogen) atoms. The first-order chi connectivity index (χ1) is 22.4. The number of fused-ring (bicyclic) bond motifs is 9. The third kappa shape index (κ3) is 5.10. The number of aliphatic imine (C=N–C) groups is 1. The number of benzene rings is 1. The number of allylic oxidation sites excluding steroid dienone is 2. The molecule has 2 aliphatic heterocycles. The Morgan fingerprint density at radius 2 is 1.35 bits per heavy atom. The van der Waals surface area contributed by atoms with Gasteiger partial charge < -0.3 is 19.9 Å². The molecule has 0 saturated carbocycles. The van der Waals surface area contributed by atoms with Crippen LogP contribution in [0.5, 0.6) is 0 Å². The fourth-order valence-electron chi connectivity index (χ4n) is 7.34. The smallest absolute Gasteiger partial charge is 0.0693 e. The fourth-order valence-corrected chi connectivity index (χ4v) is 7.34. The van der Waals surface area contributed by atoms with E-state index in [0.29, 0.717) is 0 Å². The monoisotopic (exact) mass is 605 g/mol. The molecule has 0 aliphatic carbocycles. The summed E-state index contributed by atoms with van der Waals surface area (Å²) < 4.78 is 0. The molecule has 2 aliphatic rings. The van der Waals surface area contributed by atoms with Gasteiger partial charge in [0.25, 0.3) is 0 Å². The van der Waals surface area contributed by atoms with Crippen LogP contribution in [0.2, 0.25) is 0 Å². The molecule has 232 valence electrons. The van der Waals surface area contributed by atoms with Crippen molar-refractivity contribution in [3.8, 4) is 0 Å². The van der Waals surface area contributed by atoms with Crippen LogP contribution in [-0.2, 0) is 19.3 Å². The normalized spacial score (nSPS) is 19.0. The quantitative estimate of drug-likeness (QED) is 0.184. The number of hydrogen-bond donors (Lipinski definition) is 4. The predicted molar refractivity (Wildman–Crippen MR) is 193 cm³/mol. The molecule has 0 fully saturated rings. The third-order valence-electron chi connectivity index (χ3n) is 9.72. The summed E-state index contributed by atoms with van der Waals surface area (Å²) in [6, 6.07) is 19.3. The molecule has 5 aromatic rings. The van der Waals surface area contributed by atoms with E-state index in [2.05, 4.69) is 140 Å². The van der Waals surface area contributed by atoms with Gasteiger partial charge in [0.15, 0.2) is 0 Å². The highest BCUT2D eigenvalue weighted by Gasteiger charge is 2.20. The number of hydrogen-bond acceptors (Lipinski definition) is 1. The maximum absolute atomic E-state index is 5.22. The molecule has 1 aromatic carbocycles. The summed E-state index contributed by atoms with van der Waals surface area (Å²) in [6.45, 7) is 13.4. The second kappa shape index (κ2) is 12.1. The molecule has 0 radical (unpaired) electrons. The van der Waals surface area contributed by atoms with E-state index in [9.17, 15) is 0 Å². The van der Waals surface area contributed by atoms with E-state index in [1.54, 1.807) is 0 Å². The first kappa shape index (κ1) is 29.7. The highest BCUT2D eigenvalue weighted by molar-refractivity contribution is 6.23. The highest BCUT2D eigenvalue weighted by atomic mass is 14.8. The van der Waals surface area contributed by atoms with E-state index in [4.69, 9.17) is 4.99 Å². The number of H-pyrrole nitrogens is 4. The zero-order valence-electron chi connectivity index (χ0n) is 27.8. The van der Waals surface area contributed by atoms with Crippen molar-refractivity contribution in [2.75, 3.05) is 0 Å². The Kier molecular flexibility index (Phi) is 7.77. The molecular formula is C41H43N5. The Balaban J connectivity index is 1.57. The molecule has 0 spiro atoms. The molecule has 7 rings (SSSR count). The Hall–Kier alpha value is -5.03. The van der Waals surface area contributed by atoms with E-state index in [-0.39, 0.29) is 0 Å². The summed E-state index contributed by atoms with van der Waals surface area (Å²) in [6.07, 6.45) is 12.8. The van der Waals surface area contributed by atoms with E-state index >= 15 is 0 Å². The summed E-state index contributed by atoms with van der Waals surface area (Å²) in [5, 5.41) is 4.47. The zero-order chi connectivity index (χ0) is 31.9.